The van der Waals surface area contributed by atoms with Crippen LogP contribution >= 0.6 is 0 Å². The molecule has 2 aromatic rings. The molecular formula is C17H18O3. The van der Waals surface area contributed by atoms with Crippen LogP contribution in [0.3, 0.4) is 0 Å². The summed E-state index contributed by atoms with van der Waals surface area (Å²) in [6.45, 7) is 3.82. The largest absolute Gasteiger partial charge is 0.479 e. The molecule has 0 saturated carbocycles. The molecule has 0 fully saturated rings. The Balaban J connectivity index is 2.04. The molecule has 0 aromatic heterocycles. The SMILES string of the molecule is CCOC(=O)[C@@H](C)Oc1ccc(-c2ccccc2)cc1. The second kappa shape index (κ2) is 6.75. The average molecular weight is 270 g/mol. The van der Waals surface area contributed by atoms with Crippen molar-refractivity contribution in [2.24, 2.45) is 0 Å². The van der Waals surface area contributed by atoms with Gasteiger partial charge < -0.3 is 9.47 Å². The molecule has 2 rings (SSSR count). The smallest absolute Gasteiger partial charge is 0.347 e. The molecule has 0 saturated heterocycles. The summed E-state index contributed by atoms with van der Waals surface area (Å²) in [7, 11) is 0. The predicted molar refractivity (Wildman–Crippen MR) is 78.6 cm³/mol. The standard InChI is InChI=1S/C17H18O3/c1-3-19-17(18)13(2)20-16-11-9-15(10-12-16)14-7-5-4-6-8-14/h4-13H,3H2,1-2H3/t13-/m1/s1. The fourth-order valence-electron chi connectivity index (χ4n) is 1.87. The third-order valence-corrected chi connectivity index (χ3v) is 2.89. The molecule has 0 radical (unpaired) electrons. The molecule has 0 aliphatic carbocycles. The highest BCUT2D eigenvalue weighted by atomic mass is 16.6. The van der Waals surface area contributed by atoms with Crippen molar-refractivity contribution in [3.63, 3.8) is 0 Å². The third-order valence-electron chi connectivity index (χ3n) is 2.89. The fourth-order valence-corrected chi connectivity index (χ4v) is 1.87. The Morgan fingerprint density at radius 2 is 1.60 bits per heavy atom. The van der Waals surface area contributed by atoms with Crippen LogP contribution in [0.1, 0.15) is 13.8 Å². The summed E-state index contributed by atoms with van der Waals surface area (Å²) >= 11 is 0. The van der Waals surface area contributed by atoms with Gasteiger partial charge in [0.05, 0.1) is 6.61 Å². The maximum atomic E-state index is 11.5. The molecule has 0 unspecified atom stereocenters. The number of esters is 1. The minimum absolute atomic E-state index is 0.348. The summed E-state index contributed by atoms with van der Waals surface area (Å²) in [5.74, 6) is 0.310. The van der Waals surface area contributed by atoms with Gasteiger partial charge in [-0.15, -0.1) is 0 Å². The van der Waals surface area contributed by atoms with Crippen LogP contribution in [0.2, 0.25) is 0 Å². The lowest BCUT2D eigenvalue weighted by molar-refractivity contribution is -0.150. The molecule has 104 valence electrons. The lowest BCUT2D eigenvalue weighted by atomic mass is 10.1. The second-order valence-electron chi connectivity index (χ2n) is 4.40. The first-order valence-corrected chi connectivity index (χ1v) is 6.69. The summed E-state index contributed by atoms with van der Waals surface area (Å²) in [5.41, 5.74) is 2.26. The van der Waals surface area contributed by atoms with E-state index in [0.29, 0.717) is 12.4 Å². The first kappa shape index (κ1) is 14.1. The summed E-state index contributed by atoms with van der Waals surface area (Å²) in [6, 6.07) is 17.8. The number of hydrogen-bond acceptors (Lipinski definition) is 3. The van der Waals surface area contributed by atoms with Crippen molar-refractivity contribution in [1.29, 1.82) is 0 Å². The van der Waals surface area contributed by atoms with E-state index in [1.54, 1.807) is 13.8 Å². The summed E-state index contributed by atoms with van der Waals surface area (Å²) in [4.78, 5) is 11.5. The van der Waals surface area contributed by atoms with Crippen molar-refractivity contribution in [3.05, 3.63) is 54.6 Å². The first-order valence-electron chi connectivity index (χ1n) is 6.69. The lowest BCUT2D eigenvalue weighted by Gasteiger charge is -2.13. The van der Waals surface area contributed by atoms with Crippen LogP contribution in [0.25, 0.3) is 11.1 Å². The third kappa shape index (κ3) is 3.60. The van der Waals surface area contributed by atoms with Crippen LogP contribution in [-0.4, -0.2) is 18.7 Å². The van der Waals surface area contributed by atoms with Crippen LogP contribution < -0.4 is 4.74 Å². The maximum absolute atomic E-state index is 11.5. The summed E-state index contributed by atoms with van der Waals surface area (Å²) in [5, 5.41) is 0. The minimum Gasteiger partial charge on any atom is -0.479 e. The Hall–Kier alpha value is -2.29. The molecule has 0 amide bonds. The van der Waals surface area contributed by atoms with Crippen molar-refractivity contribution in [2.75, 3.05) is 6.61 Å². The number of rotatable bonds is 5. The van der Waals surface area contributed by atoms with Gasteiger partial charge in [-0.2, -0.15) is 0 Å². The highest BCUT2D eigenvalue weighted by Crippen LogP contribution is 2.22. The maximum Gasteiger partial charge on any atom is 0.347 e. The lowest BCUT2D eigenvalue weighted by Crippen LogP contribution is -2.25. The zero-order chi connectivity index (χ0) is 14.4. The molecule has 3 nitrogen and oxygen atoms in total. The molecule has 0 spiro atoms. The Morgan fingerprint density at radius 3 is 2.20 bits per heavy atom. The van der Waals surface area contributed by atoms with Gasteiger partial charge in [0.1, 0.15) is 5.75 Å². The van der Waals surface area contributed by atoms with Crippen molar-refractivity contribution >= 4 is 5.97 Å². The minimum atomic E-state index is -0.600. The van der Waals surface area contributed by atoms with Crippen LogP contribution in [0, 0.1) is 0 Å². The highest BCUT2D eigenvalue weighted by molar-refractivity contribution is 5.74. The average Bonchev–Trinajstić information content (AvgIpc) is 2.49. The van der Waals surface area contributed by atoms with Crippen LogP contribution in [0.4, 0.5) is 0 Å². The highest BCUT2D eigenvalue weighted by Gasteiger charge is 2.15. The van der Waals surface area contributed by atoms with Crippen LogP contribution in [0.5, 0.6) is 5.75 Å². The van der Waals surface area contributed by atoms with E-state index in [4.69, 9.17) is 9.47 Å². The number of ether oxygens (including phenoxy) is 2. The van der Waals surface area contributed by atoms with Gasteiger partial charge in [-0.05, 0) is 37.1 Å². The van der Waals surface area contributed by atoms with E-state index < -0.39 is 6.10 Å². The van der Waals surface area contributed by atoms with Gasteiger partial charge >= 0.3 is 5.97 Å². The van der Waals surface area contributed by atoms with E-state index >= 15 is 0 Å². The predicted octanol–water partition coefficient (Wildman–Crippen LogP) is 3.68. The molecule has 0 aliphatic heterocycles. The van der Waals surface area contributed by atoms with Gasteiger partial charge in [-0.3, -0.25) is 0 Å². The van der Waals surface area contributed by atoms with E-state index in [2.05, 4.69) is 12.1 Å². The number of hydrogen-bond donors (Lipinski definition) is 0. The Kier molecular flexibility index (Phi) is 4.77. The van der Waals surface area contributed by atoms with Gasteiger partial charge in [-0.1, -0.05) is 42.5 Å². The van der Waals surface area contributed by atoms with Gasteiger partial charge in [-0.25, -0.2) is 4.79 Å². The van der Waals surface area contributed by atoms with Crippen LogP contribution in [0.15, 0.2) is 54.6 Å². The normalized spacial score (nSPS) is 11.7. The molecule has 0 heterocycles. The first-order chi connectivity index (χ1) is 9.70. The van der Waals surface area contributed by atoms with E-state index in [1.807, 2.05) is 42.5 Å². The monoisotopic (exact) mass is 270 g/mol. The molecular weight excluding hydrogens is 252 g/mol. The van der Waals surface area contributed by atoms with Crippen molar-refractivity contribution in [2.45, 2.75) is 20.0 Å². The zero-order valence-corrected chi connectivity index (χ0v) is 11.7. The molecule has 0 aliphatic rings. The Labute approximate surface area is 119 Å². The number of benzene rings is 2. The van der Waals surface area contributed by atoms with Crippen molar-refractivity contribution < 1.29 is 14.3 Å². The molecule has 0 bridgehead atoms. The number of carbonyl (C=O) groups excluding carboxylic acids is 1. The van der Waals surface area contributed by atoms with Gasteiger partial charge in [0.2, 0.25) is 0 Å². The van der Waals surface area contributed by atoms with E-state index in [0.717, 1.165) is 11.1 Å². The molecule has 20 heavy (non-hydrogen) atoms. The summed E-state index contributed by atoms with van der Waals surface area (Å²) in [6.07, 6.45) is -0.600. The van der Waals surface area contributed by atoms with E-state index in [9.17, 15) is 4.79 Å². The van der Waals surface area contributed by atoms with E-state index in [1.165, 1.54) is 0 Å². The second-order valence-corrected chi connectivity index (χ2v) is 4.40. The molecule has 1 atom stereocenters. The summed E-state index contributed by atoms with van der Waals surface area (Å²) < 4.78 is 10.4. The fraction of sp³-hybridized carbons (Fsp3) is 0.235. The zero-order valence-electron chi connectivity index (χ0n) is 11.7. The van der Waals surface area contributed by atoms with Gasteiger partial charge in [0.15, 0.2) is 6.10 Å². The van der Waals surface area contributed by atoms with Crippen molar-refractivity contribution in [3.8, 4) is 16.9 Å². The van der Waals surface area contributed by atoms with Gasteiger partial charge in [0, 0.05) is 0 Å². The van der Waals surface area contributed by atoms with Crippen molar-refractivity contribution in [1.82, 2.24) is 0 Å². The number of carbonyl (C=O) groups is 1. The Bertz CT molecular complexity index is 546. The van der Waals surface area contributed by atoms with E-state index in [-0.39, 0.29) is 5.97 Å². The molecule has 3 heteroatoms. The quantitative estimate of drug-likeness (QED) is 0.777. The molecule has 0 N–H and O–H groups in total. The topological polar surface area (TPSA) is 35.5 Å². The Morgan fingerprint density at radius 1 is 1.00 bits per heavy atom. The van der Waals surface area contributed by atoms with Crippen LogP contribution in [-0.2, 0) is 9.53 Å². The van der Waals surface area contributed by atoms with Gasteiger partial charge in [0.25, 0.3) is 0 Å². The molecule has 2 aromatic carbocycles.